The molecule has 25 heavy (non-hydrogen) atoms. The van der Waals surface area contributed by atoms with Gasteiger partial charge in [0.15, 0.2) is 16.0 Å². The maximum absolute atomic E-state index is 11.9. The number of nitrogens with zero attached hydrogens (tertiary/aromatic N) is 1. The van der Waals surface area contributed by atoms with Crippen LogP contribution in [0.25, 0.3) is 11.3 Å². The van der Waals surface area contributed by atoms with Gasteiger partial charge in [-0.05, 0) is 43.3 Å². The van der Waals surface area contributed by atoms with Gasteiger partial charge < -0.3 is 9.73 Å². The Balaban J connectivity index is 1.69. The van der Waals surface area contributed by atoms with Crippen LogP contribution in [0.3, 0.4) is 0 Å². The average molecular weight is 371 g/mol. The zero-order valence-corrected chi connectivity index (χ0v) is 15.5. The van der Waals surface area contributed by atoms with Crippen LogP contribution in [0.5, 0.6) is 0 Å². The van der Waals surface area contributed by atoms with Gasteiger partial charge in [-0.2, -0.15) is 0 Å². The second-order valence-electron chi connectivity index (χ2n) is 5.36. The van der Waals surface area contributed by atoms with Crippen molar-refractivity contribution >= 4 is 39.7 Å². The van der Waals surface area contributed by atoms with Crippen LogP contribution >= 0.6 is 23.6 Å². The number of thiazole rings is 1. The Morgan fingerprint density at radius 1 is 1.28 bits per heavy atom. The Morgan fingerprint density at radius 2 is 2.04 bits per heavy atom. The number of aryl methyl sites for hydroxylation is 2. The molecular weight excluding hydrogens is 354 g/mol. The molecule has 0 saturated carbocycles. The lowest BCUT2D eigenvalue weighted by atomic mass is 10.1. The van der Waals surface area contributed by atoms with Gasteiger partial charge >= 0.3 is 0 Å². The fraction of sp³-hybridized carbons (Fsp3) is 0.167. The van der Waals surface area contributed by atoms with Crippen LogP contribution in [-0.4, -0.2) is 16.0 Å². The Bertz CT molecular complexity index is 884. The summed E-state index contributed by atoms with van der Waals surface area (Å²) < 4.78 is 5.03. The second-order valence-corrected chi connectivity index (χ2v) is 6.97. The number of benzene rings is 1. The van der Waals surface area contributed by atoms with Crippen molar-refractivity contribution in [3.63, 3.8) is 0 Å². The monoisotopic (exact) mass is 371 g/mol. The first kappa shape index (κ1) is 17.3. The summed E-state index contributed by atoms with van der Waals surface area (Å²) in [6.07, 6.45) is 2.44. The van der Waals surface area contributed by atoms with Gasteiger partial charge in [0, 0.05) is 10.4 Å². The second kappa shape index (κ2) is 7.58. The molecule has 0 aliphatic carbocycles. The number of amides is 1. The summed E-state index contributed by atoms with van der Waals surface area (Å²) in [5, 5.41) is 6.34. The minimum atomic E-state index is -0.397. The van der Waals surface area contributed by atoms with Crippen molar-refractivity contribution < 1.29 is 9.21 Å². The van der Waals surface area contributed by atoms with Crippen LogP contribution in [0.2, 0.25) is 0 Å². The predicted molar refractivity (Wildman–Crippen MR) is 104 cm³/mol. The molecule has 1 amide bonds. The first-order chi connectivity index (χ1) is 12.1. The summed E-state index contributed by atoms with van der Waals surface area (Å²) in [7, 11) is 0. The van der Waals surface area contributed by atoms with Crippen molar-refractivity contribution in [1.82, 2.24) is 10.3 Å². The average Bonchev–Trinajstić information content (AvgIpc) is 3.25. The topological polar surface area (TPSA) is 67.2 Å². The van der Waals surface area contributed by atoms with E-state index in [4.69, 9.17) is 16.6 Å². The number of rotatable bonds is 4. The van der Waals surface area contributed by atoms with E-state index in [1.54, 1.807) is 12.1 Å². The molecule has 0 spiro atoms. The molecule has 2 N–H and O–H groups in total. The van der Waals surface area contributed by atoms with Gasteiger partial charge in [-0.1, -0.05) is 31.2 Å². The van der Waals surface area contributed by atoms with Crippen molar-refractivity contribution in [1.29, 1.82) is 0 Å². The SMILES string of the molecule is CCc1ccc(-c2nc(NC(=S)NC(=O)c3ccco3)sc2C)cc1. The van der Waals surface area contributed by atoms with E-state index in [2.05, 4.69) is 46.8 Å². The highest BCUT2D eigenvalue weighted by Crippen LogP contribution is 2.30. The smallest absolute Gasteiger partial charge is 0.293 e. The molecule has 0 bridgehead atoms. The molecule has 2 aromatic heterocycles. The van der Waals surface area contributed by atoms with Crippen molar-refractivity contribution in [2.45, 2.75) is 20.3 Å². The van der Waals surface area contributed by atoms with Gasteiger partial charge in [-0.3, -0.25) is 10.1 Å². The van der Waals surface area contributed by atoms with E-state index >= 15 is 0 Å². The molecular formula is C18H17N3O2S2. The molecule has 0 aliphatic rings. The van der Waals surface area contributed by atoms with Gasteiger partial charge in [0.25, 0.3) is 5.91 Å². The zero-order chi connectivity index (χ0) is 17.8. The van der Waals surface area contributed by atoms with E-state index in [1.165, 1.54) is 23.2 Å². The Kier molecular flexibility index (Phi) is 5.25. The van der Waals surface area contributed by atoms with Gasteiger partial charge in [0.2, 0.25) is 0 Å². The number of thiocarbonyl (C=S) groups is 1. The van der Waals surface area contributed by atoms with E-state index in [1.807, 2.05) is 6.92 Å². The predicted octanol–water partition coefficient (Wildman–Crippen LogP) is 4.40. The molecule has 3 aromatic rings. The standard InChI is InChI=1S/C18H17N3O2S2/c1-3-12-6-8-13(9-7-12)15-11(2)25-18(19-15)21-17(24)20-16(22)14-5-4-10-23-14/h4-10H,3H2,1-2H3,(H2,19,20,21,22,24). The van der Waals surface area contributed by atoms with E-state index in [9.17, 15) is 4.79 Å². The van der Waals surface area contributed by atoms with Crippen LogP contribution in [0, 0.1) is 6.92 Å². The first-order valence-electron chi connectivity index (χ1n) is 7.79. The fourth-order valence-corrected chi connectivity index (χ4v) is 3.41. The van der Waals surface area contributed by atoms with Crippen LogP contribution in [0.1, 0.15) is 27.9 Å². The molecule has 2 heterocycles. The lowest BCUT2D eigenvalue weighted by molar-refractivity contribution is 0.0950. The third-order valence-corrected chi connectivity index (χ3v) is 4.72. The van der Waals surface area contributed by atoms with Gasteiger partial charge in [0.05, 0.1) is 12.0 Å². The minimum absolute atomic E-state index is 0.183. The largest absolute Gasteiger partial charge is 0.459 e. The van der Waals surface area contributed by atoms with Crippen molar-refractivity contribution in [2.24, 2.45) is 0 Å². The van der Waals surface area contributed by atoms with Crippen LogP contribution in [-0.2, 0) is 6.42 Å². The molecule has 1 aromatic carbocycles. The summed E-state index contributed by atoms with van der Waals surface area (Å²) >= 11 is 6.66. The Labute approximate surface area is 155 Å². The fourth-order valence-electron chi connectivity index (χ4n) is 2.32. The maximum atomic E-state index is 11.9. The zero-order valence-electron chi connectivity index (χ0n) is 13.8. The molecule has 5 nitrogen and oxygen atoms in total. The van der Waals surface area contributed by atoms with Crippen molar-refractivity contribution in [3.8, 4) is 11.3 Å². The van der Waals surface area contributed by atoms with E-state index < -0.39 is 5.91 Å². The van der Waals surface area contributed by atoms with Gasteiger partial charge in [-0.25, -0.2) is 4.98 Å². The molecule has 0 aliphatic heterocycles. The maximum Gasteiger partial charge on any atom is 0.293 e. The Hall–Kier alpha value is -2.51. The quantitative estimate of drug-likeness (QED) is 0.665. The summed E-state index contributed by atoms with van der Waals surface area (Å²) in [5.41, 5.74) is 3.26. The van der Waals surface area contributed by atoms with E-state index in [0.29, 0.717) is 5.13 Å². The van der Waals surface area contributed by atoms with Crippen molar-refractivity contribution in [2.75, 3.05) is 5.32 Å². The summed E-state index contributed by atoms with van der Waals surface area (Å²) in [5.74, 6) is -0.192. The van der Waals surface area contributed by atoms with E-state index in [0.717, 1.165) is 22.6 Å². The number of carbonyl (C=O) groups is 1. The number of furan rings is 1. The number of aromatic nitrogens is 1. The molecule has 0 saturated heterocycles. The number of carbonyl (C=O) groups excluding carboxylic acids is 1. The third kappa shape index (κ3) is 4.12. The molecule has 0 radical (unpaired) electrons. The molecule has 0 fully saturated rings. The number of nitrogens with one attached hydrogen (secondary N) is 2. The molecule has 0 atom stereocenters. The molecule has 0 unspecified atom stereocenters. The lowest BCUT2D eigenvalue weighted by Gasteiger charge is -2.05. The third-order valence-electron chi connectivity index (χ3n) is 3.62. The summed E-state index contributed by atoms with van der Waals surface area (Å²) in [6, 6.07) is 11.6. The summed E-state index contributed by atoms with van der Waals surface area (Å²) in [4.78, 5) is 17.6. The van der Waals surface area contributed by atoms with Gasteiger partial charge in [-0.15, -0.1) is 11.3 Å². The van der Waals surface area contributed by atoms with Crippen LogP contribution in [0.4, 0.5) is 5.13 Å². The number of anilines is 1. The molecule has 7 heteroatoms. The van der Waals surface area contributed by atoms with Crippen LogP contribution in [0.15, 0.2) is 47.1 Å². The number of hydrogen-bond donors (Lipinski definition) is 2. The molecule has 3 rings (SSSR count). The lowest BCUT2D eigenvalue weighted by Crippen LogP contribution is -2.33. The number of hydrogen-bond acceptors (Lipinski definition) is 5. The van der Waals surface area contributed by atoms with E-state index in [-0.39, 0.29) is 10.9 Å². The van der Waals surface area contributed by atoms with Gasteiger partial charge in [0.1, 0.15) is 0 Å². The highest BCUT2D eigenvalue weighted by Gasteiger charge is 2.14. The normalized spacial score (nSPS) is 10.5. The van der Waals surface area contributed by atoms with Crippen LogP contribution < -0.4 is 10.6 Å². The highest BCUT2D eigenvalue weighted by molar-refractivity contribution is 7.80. The first-order valence-corrected chi connectivity index (χ1v) is 9.02. The minimum Gasteiger partial charge on any atom is -0.459 e. The Morgan fingerprint density at radius 3 is 2.68 bits per heavy atom. The van der Waals surface area contributed by atoms with Crippen molar-refractivity contribution in [3.05, 3.63) is 58.9 Å². The molecule has 128 valence electrons. The summed E-state index contributed by atoms with van der Waals surface area (Å²) in [6.45, 7) is 4.14. The highest BCUT2D eigenvalue weighted by atomic mass is 32.1.